The second kappa shape index (κ2) is 9.21. The Hall–Kier alpha value is -4.05. The average Bonchev–Trinajstić information content (AvgIpc) is 3.31. The van der Waals surface area contributed by atoms with Gasteiger partial charge in [0.1, 0.15) is 5.69 Å². The van der Waals surface area contributed by atoms with Crippen LogP contribution in [0.25, 0.3) is 22.5 Å². The maximum Gasteiger partial charge on any atom is 0.228 e. The topological polar surface area (TPSA) is 103 Å². The molecule has 4 aromatic heterocycles. The summed E-state index contributed by atoms with van der Waals surface area (Å²) in [7, 11) is 3.50. The number of hydrogen-bond acceptors (Lipinski definition) is 9. The molecule has 0 amide bonds. The predicted octanol–water partition coefficient (Wildman–Crippen LogP) is 2.92. The van der Waals surface area contributed by atoms with Gasteiger partial charge in [0.05, 0.1) is 37.9 Å². The molecule has 4 aromatic rings. The SMILES string of the molecule is COc1c(Nc2cccnc2)nc(N2CCOCC2)nc1-c1cncc(-c2ccn(C)n2)c1. The third-order valence-corrected chi connectivity index (χ3v) is 5.30. The molecule has 0 aliphatic carbocycles. The van der Waals surface area contributed by atoms with Gasteiger partial charge in [-0.05, 0) is 24.3 Å². The molecule has 1 fully saturated rings. The highest BCUT2D eigenvalue weighted by molar-refractivity contribution is 5.78. The number of methoxy groups -OCH3 is 1. The molecule has 0 spiro atoms. The third kappa shape index (κ3) is 4.46. The normalized spacial score (nSPS) is 13.7. The monoisotopic (exact) mass is 444 g/mol. The fourth-order valence-electron chi connectivity index (χ4n) is 3.67. The number of nitrogens with one attached hydrogen (secondary N) is 1. The number of aryl methyl sites for hydroxylation is 1. The Balaban J connectivity index is 1.63. The molecule has 1 aliphatic rings. The van der Waals surface area contributed by atoms with E-state index in [4.69, 9.17) is 19.4 Å². The first-order valence-corrected chi connectivity index (χ1v) is 10.6. The molecule has 0 atom stereocenters. The third-order valence-electron chi connectivity index (χ3n) is 5.30. The molecule has 10 heteroatoms. The second-order valence-corrected chi connectivity index (χ2v) is 7.56. The van der Waals surface area contributed by atoms with Gasteiger partial charge in [0.2, 0.25) is 5.95 Å². The summed E-state index contributed by atoms with van der Waals surface area (Å²) >= 11 is 0. The van der Waals surface area contributed by atoms with Gasteiger partial charge in [-0.3, -0.25) is 14.6 Å². The van der Waals surface area contributed by atoms with Crippen LogP contribution in [0.1, 0.15) is 0 Å². The Kier molecular flexibility index (Phi) is 5.81. The van der Waals surface area contributed by atoms with Gasteiger partial charge < -0.3 is 19.7 Å². The number of morpholine rings is 1. The van der Waals surface area contributed by atoms with Crippen molar-refractivity contribution in [2.24, 2.45) is 7.05 Å². The van der Waals surface area contributed by atoms with Crippen molar-refractivity contribution in [2.45, 2.75) is 0 Å². The van der Waals surface area contributed by atoms with Crippen molar-refractivity contribution in [3.8, 4) is 28.3 Å². The van der Waals surface area contributed by atoms with Gasteiger partial charge in [-0.15, -0.1) is 0 Å². The predicted molar refractivity (Wildman–Crippen MR) is 125 cm³/mol. The van der Waals surface area contributed by atoms with E-state index >= 15 is 0 Å². The minimum absolute atomic E-state index is 0.524. The average molecular weight is 444 g/mol. The summed E-state index contributed by atoms with van der Waals surface area (Å²) in [5.74, 6) is 1.68. The van der Waals surface area contributed by atoms with E-state index in [-0.39, 0.29) is 0 Å². The highest BCUT2D eigenvalue weighted by Gasteiger charge is 2.22. The summed E-state index contributed by atoms with van der Waals surface area (Å²) in [6, 6.07) is 7.75. The molecule has 0 bridgehead atoms. The minimum Gasteiger partial charge on any atom is -0.491 e. The molecule has 1 N–H and O–H groups in total. The van der Waals surface area contributed by atoms with Crippen LogP contribution in [0.2, 0.25) is 0 Å². The maximum absolute atomic E-state index is 5.80. The molecule has 0 aromatic carbocycles. The summed E-state index contributed by atoms with van der Waals surface area (Å²) < 4.78 is 13.1. The number of anilines is 3. The molecular formula is C23H24N8O2. The molecule has 0 saturated carbocycles. The Morgan fingerprint density at radius 2 is 1.88 bits per heavy atom. The molecule has 0 unspecified atom stereocenters. The van der Waals surface area contributed by atoms with Crippen molar-refractivity contribution in [1.82, 2.24) is 29.7 Å². The first-order chi connectivity index (χ1) is 16.2. The summed E-state index contributed by atoms with van der Waals surface area (Å²) in [5.41, 5.74) is 3.98. The van der Waals surface area contributed by atoms with Gasteiger partial charge >= 0.3 is 0 Å². The van der Waals surface area contributed by atoms with Crippen molar-refractivity contribution in [3.63, 3.8) is 0 Å². The van der Waals surface area contributed by atoms with E-state index in [2.05, 4.69) is 25.3 Å². The lowest BCUT2D eigenvalue weighted by atomic mass is 10.1. The standard InChI is InChI=1S/C23H24N8O2/c1-30-7-5-19(29-30)16-12-17(14-25-13-16)20-21(32-2)22(26-18-4-3-6-24-15-18)28-23(27-20)31-8-10-33-11-9-31/h3-7,12-15H,8-11H2,1-2H3,(H,26,27,28). The Morgan fingerprint density at radius 1 is 1.03 bits per heavy atom. The first-order valence-electron chi connectivity index (χ1n) is 10.6. The van der Waals surface area contributed by atoms with E-state index in [9.17, 15) is 0 Å². The molecule has 5 heterocycles. The number of ether oxygens (including phenoxy) is 2. The molecule has 5 rings (SSSR count). The molecule has 168 valence electrons. The van der Waals surface area contributed by atoms with Crippen LogP contribution in [0.5, 0.6) is 5.75 Å². The number of nitrogens with zero attached hydrogens (tertiary/aromatic N) is 7. The highest BCUT2D eigenvalue weighted by Crippen LogP contribution is 2.37. The Labute approximate surface area is 191 Å². The van der Waals surface area contributed by atoms with Gasteiger partial charge in [-0.1, -0.05) is 0 Å². The molecule has 0 radical (unpaired) electrons. The van der Waals surface area contributed by atoms with E-state index in [1.807, 2.05) is 37.5 Å². The number of pyridine rings is 2. The molecule has 10 nitrogen and oxygen atoms in total. The first kappa shape index (κ1) is 20.8. The zero-order valence-corrected chi connectivity index (χ0v) is 18.5. The zero-order chi connectivity index (χ0) is 22.6. The van der Waals surface area contributed by atoms with Gasteiger partial charge in [0.15, 0.2) is 11.6 Å². The van der Waals surface area contributed by atoms with Crippen LogP contribution in [0.3, 0.4) is 0 Å². The van der Waals surface area contributed by atoms with Crippen molar-refractivity contribution in [2.75, 3.05) is 43.6 Å². The van der Waals surface area contributed by atoms with Crippen LogP contribution in [0.4, 0.5) is 17.5 Å². The van der Waals surface area contributed by atoms with Crippen LogP contribution < -0.4 is 15.0 Å². The zero-order valence-electron chi connectivity index (χ0n) is 18.5. The van der Waals surface area contributed by atoms with Gasteiger partial charge in [0.25, 0.3) is 0 Å². The quantitative estimate of drug-likeness (QED) is 0.481. The Morgan fingerprint density at radius 3 is 2.61 bits per heavy atom. The van der Waals surface area contributed by atoms with E-state index in [1.165, 1.54) is 0 Å². The maximum atomic E-state index is 5.80. The summed E-state index contributed by atoms with van der Waals surface area (Å²) in [6.07, 6.45) is 8.92. The molecular weight excluding hydrogens is 420 g/mol. The summed E-state index contributed by atoms with van der Waals surface area (Å²) in [6.45, 7) is 2.69. The van der Waals surface area contributed by atoms with E-state index in [0.29, 0.717) is 49.5 Å². The summed E-state index contributed by atoms with van der Waals surface area (Å²) in [5, 5.41) is 7.82. The minimum atomic E-state index is 0.524. The lowest BCUT2D eigenvalue weighted by molar-refractivity contribution is 0.122. The fraction of sp³-hybridized carbons (Fsp3) is 0.261. The van der Waals surface area contributed by atoms with Crippen molar-refractivity contribution >= 4 is 17.5 Å². The van der Waals surface area contributed by atoms with E-state index < -0.39 is 0 Å². The number of hydrogen-bond donors (Lipinski definition) is 1. The molecule has 1 aliphatic heterocycles. The van der Waals surface area contributed by atoms with E-state index in [1.54, 1.807) is 36.6 Å². The lowest BCUT2D eigenvalue weighted by Gasteiger charge is -2.28. The Bertz CT molecular complexity index is 1240. The van der Waals surface area contributed by atoms with Gasteiger partial charge in [0, 0.05) is 56.1 Å². The van der Waals surface area contributed by atoms with Gasteiger partial charge in [-0.25, -0.2) is 4.98 Å². The second-order valence-electron chi connectivity index (χ2n) is 7.56. The molecule has 1 saturated heterocycles. The van der Waals surface area contributed by atoms with Gasteiger partial charge in [-0.2, -0.15) is 10.1 Å². The summed E-state index contributed by atoms with van der Waals surface area (Å²) in [4.78, 5) is 20.4. The van der Waals surface area contributed by atoms with Crippen molar-refractivity contribution < 1.29 is 9.47 Å². The largest absolute Gasteiger partial charge is 0.491 e. The van der Waals surface area contributed by atoms with Crippen molar-refractivity contribution in [3.05, 3.63) is 55.2 Å². The van der Waals surface area contributed by atoms with Crippen molar-refractivity contribution in [1.29, 1.82) is 0 Å². The lowest BCUT2D eigenvalue weighted by Crippen LogP contribution is -2.37. The number of rotatable bonds is 6. The molecule has 33 heavy (non-hydrogen) atoms. The van der Waals surface area contributed by atoms with Crippen LogP contribution in [-0.4, -0.2) is 63.1 Å². The van der Waals surface area contributed by atoms with Crippen LogP contribution in [0.15, 0.2) is 55.2 Å². The van der Waals surface area contributed by atoms with Crippen LogP contribution in [-0.2, 0) is 11.8 Å². The van der Waals surface area contributed by atoms with Crippen LogP contribution in [0, 0.1) is 0 Å². The highest BCUT2D eigenvalue weighted by atomic mass is 16.5. The van der Waals surface area contributed by atoms with E-state index in [0.717, 1.165) is 22.5 Å². The fourth-order valence-corrected chi connectivity index (χ4v) is 3.67. The number of aromatic nitrogens is 6. The van der Waals surface area contributed by atoms with Crippen LogP contribution >= 0.6 is 0 Å². The smallest absolute Gasteiger partial charge is 0.228 e.